The molecule has 2 rings (SSSR count). The Labute approximate surface area is 112 Å². The van der Waals surface area contributed by atoms with Gasteiger partial charge in [-0.2, -0.15) is 11.3 Å². The third-order valence-electron chi connectivity index (χ3n) is 2.45. The largest absolute Gasteiger partial charge is 0.387 e. The van der Waals surface area contributed by atoms with Gasteiger partial charge in [-0.1, -0.05) is 0 Å². The predicted octanol–water partition coefficient (Wildman–Crippen LogP) is 1.78. The van der Waals surface area contributed by atoms with Crippen molar-refractivity contribution in [1.82, 2.24) is 4.98 Å². The number of aliphatic hydroxyl groups is 1. The first kappa shape index (κ1) is 13.2. The van der Waals surface area contributed by atoms with E-state index in [0.29, 0.717) is 0 Å². The van der Waals surface area contributed by atoms with Crippen LogP contribution in [-0.4, -0.2) is 21.6 Å². The SMILES string of the molecule is Nc1cc([N+](=O)[O-])cc(NCC(O)c2ccsc2)n1. The second kappa shape index (κ2) is 5.63. The number of pyridine rings is 1. The van der Waals surface area contributed by atoms with Crippen LogP contribution < -0.4 is 11.1 Å². The van der Waals surface area contributed by atoms with E-state index >= 15 is 0 Å². The molecule has 100 valence electrons. The summed E-state index contributed by atoms with van der Waals surface area (Å²) in [5, 5.41) is 27.1. The number of thiophene rings is 1. The third-order valence-corrected chi connectivity index (χ3v) is 3.15. The third kappa shape index (κ3) is 3.39. The summed E-state index contributed by atoms with van der Waals surface area (Å²) in [4.78, 5) is 14.1. The zero-order valence-electron chi connectivity index (χ0n) is 9.81. The Kier molecular flexibility index (Phi) is 3.93. The summed E-state index contributed by atoms with van der Waals surface area (Å²) in [6, 6.07) is 4.27. The number of nitro groups is 1. The Morgan fingerprint density at radius 1 is 1.58 bits per heavy atom. The molecule has 1 atom stereocenters. The molecule has 0 fully saturated rings. The number of rotatable bonds is 5. The maximum absolute atomic E-state index is 10.7. The van der Waals surface area contributed by atoms with Crippen LogP contribution in [0.15, 0.2) is 29.0 Å². The highest BCUT2D eigenvalue weighted by Crippen LogP contribution is 2.20. The fourth-order valence-electron chi connectivity index (χ4n) is 1.52. The van der Waals surface area contributed by atoms with E-state index < -0.39 is 11.0 Å². The zero-order valence-corrected chi connectivity index (χ0v) is 10.6. The molecule has 19 heavy (non-hydrogen) atoms. The lowest BCUT2D eigenvalue weighted by molar-refractivity contribution is -0.384. The van der Waals surface area contributed by atoms with Gasteiger partial charge in [0.05, 0.1) is 23.2 Å². The first-order valence-electron chi connectivity index (χ1n) is 5.42. The Hall–Kier alpha value is -2.19. The molecule has 0 bridgehead atoms. The van der Waals surface area contributed by atoms with E-state index in [-0.39, 0.29) is 23.9 Å². The van der Waals surface area contributed by atoms with Crippen LogP contribution in [0.25, 0.3) is 0 Å². The van der Waals surface area contributed by atoms with E-state index in [0.717, 1.165) is 5.56 Å². The van der Waals surface area contributed by atoms with Crippen molar-refractivity contribution >= 4 is 28.7 Å². The molecule has 2 aromatic rings. The summed E-state index contributed by atoms with van der Waals surface area (Å²) in [6.07, 6.45) is -0.700. The van der Waals surface area contributed by atoms with Crippen molar-refractivity contribution in [2.75, 3.05) is 17.6 Å². The number of nitrogen functional groups attached to an aromatic ring is 1. The average molecular weight is 280 g/mol. The molecule has 0 aliphatic carbocycles. The maximum Gasteiger partial charge on any atom is 0.276 e. The fourth-order valence-corrected chi connectivity index (χ4v) is 2.22. The number of hydrogen-bond acceptors (Lipinski definition) is 7. The average Bonchev–Trinajstić information content (AvgIpc) is 2.89. The standard InChI is InChI=1S/C11H12N4O3S/c12-10-3-8(15(17)18)4-11(14-10)13-5-9(16)7-1-2-19-6-7/h1-4,6,9,16H,5H2,(H3,12,13,14). The molecule has 0 saturated carbocycles. The van der Waals surface area contributed by atoms with E-state index in [9.17, 15) is 15.2 Å². The van der Waals surface area contributed by atoms with Gasteiger partial charge in [-0.3, -0.25) is 10.1 Å². The summed E-state index contributed by atoms with van der Waals surface area (Å²) < 4.78 is 0. The fraction of sp³-hybridized carbons (Fsp3) is 0.182. The second-order valence-corrected chi connectivity index (χ2v) is 4.63. The Morgan fingerprint density at radius 2 is 2.37 bits per heavy atom. The van der Waals surface area contributed by atoms with Gasteiger partial charge >= 0.3 is 0 Å². The van der Waals surface area contributed by atoms with Gasteiger partial charge in [-0.05, 0) is 22.4 Å². The van der Waals surface area contributed by atoms with Gasteiger partial charge in [0.25, 0.3) is 5.69 Å². The molecule has 0 amide bonds. The van der Waals surface area contributed by atoms with E-state index in [1.807, 2.05) is 16.8 Å². The molecule has 0 saturated heterocycles. The van der Waals surface area contributed by atoms with Gasteiger partial charge < -0.3 is 16.2 Å². The Balaban J connectivity index is 2.05. The molecular weight excluding hydrogens is 268 g/mol. The molecule has 0 spiro atoms. The molecule has 0 aromatic carbocycles. The molecule has 0 aliphatic rings. The van der Waals surface area contributed by atoms with Crippen LogP contribution >= 0.6 is 11.3 Å². The summed E-state index contributed by atoms with van der Waals surface area (Å²) >= 11 is 1.49. The van der Waals surface area contributed by atoms with Crippen LogP contribution in [0.5, 0.6) is 0 Å². The topological polar surface area (TPSA) is 114 Å². The quantitative estimate of drug-likeness (QED) is 0.568. The lowest BCUT2D eigenvalue weighted by Gasteiger charge is -2.11. The van der Waals surface area contributed by atoms with E-state index in [2.05, 4.69) is 10.3 Å². The Morgan fingerprint density at radius 3 is 3.00 bits per heavy atom. The molecule has 2 aromatic heterocycles. The highest BCUT2D eigenvalue weighted by Gasteiger charge is 2.12. The number of nitrogens with zero attached hydrogens (tertiary/aromatic N) is 2. The maximum atomic E-state index is 10.7. The van der Waals surface area contributed by atoms with E-state index in [1.54, 1.807) is 0 Å². The molecule has 1 unspecified atom stereocenters. The number of hydrogen-bond donors (Lipinski definition) is 3. The number of anilines is 2. The normalized spacial score (nSPS) is 12.1. The minimum Gasteiger partial charge on any atom is -0.387 e. The number of aliphatic hydroxyl groups excluding tert-OH is 1. The van der Waals surface area contributed by atoms with Crippen LogP contribution in [-0.2, 0) is 0 Å². The van der Waals surface area contributed by atoms with Crippen molar-refractivity contribution in [3.05, 3.63) is 44.6 Å². The van der Waals surface area contributed by atoms with E-state index in [1.165, 1.54) is 23.5 Å². The highest BCUT2D eigenvalue weighted by molar-refractivity contribution is 7.07. The van der Waals surface area contributed by atoms with Crippen molar-refractivity contribution in [2.45, 2.75) is 6.10 Å². The molecule has 8 heteroatoms. The van der Waals surface area contributed by atoms with Crippen molar-refractivity contribution in [3.8, 4) is 0 Å². The monoisotopic (exact) mass is 280 g/mol. The second-order valence-electron chi connectivity index (χ2n) is 3.85. The van der Waals surface area contributed by atoms with Crippen molar-refractivity contribution in [2.24, 2.45) is 0 Å². The molecule has 7 nitrogen and oxygen atoms in total. The zero-order chi connectivity index (χ0) is 13.8. The van der Waals surface area contributed by atoms with Gasteiger partial charge in [-0.15, -0.1) is 0 Å². The predicted molar refractivity (Wildman–Crippen MR) is 73.1 cm³/mol. The summed E-state index contributed by atoms with van der Waals surface area (Å²) in [6.45, 7) is 0.199. The minimum absolute atomic E-state index is 0.0572. The smallest absolute Gasteiger partial charge is 0.276 e. The molecule has 0 radical (unpaired) electrons. The van der Waals surface area contributed by atoms with Crippen LogP contribution in [0.3, 0.4) is 0 Å². The van der Waals surface area contributed by atoms with Crippen molar-refractivity contribution in [1.29, 1.82) is 0 Å². The van der Waals surface area contributed by atoms with Crippen LogP contribution in [0.1, 0.15) is 11.7 Å². The first-order valence-corrected chi connectivity index (χ1v) is 6.36. The lowest BCUT2D eigenvalue weighted by atomic mass is 10.2. The summed E-state index contributed by atoms with van der Waals surface area (Å²) in [7, 11) is 0. The highest BCUT2D eigenvalue weighted by atomic mass is 32.1. The van der Waals surface area contributed by atoms with Crippen molar-refractivity contribution in [3.63, 3.8) is 0 Å². The van der Waals surface area contributed by atoms with E-state index in [4.69, 9.17) is 5.73 Å². The summed E-state index contributed by atoms with van der Waals surface area (Å²) in [5.74, 6) is 0.322. The molecule has 0 aliphatic heterocycles. The lowest BCUT2D eigenvalue weighted by Crippen LogP contribution is -2.13. The number of aromatic nitrogens is 1. The Bertz CT molecular complexity index is 573. The van der Waals surface area contributed by atoms with Gasteiger partial charge in [-0.25, -0.2) is 4.98 Å². The number of nitrogens with one attached hydrogen (secondary N) is 1. The van der Waals surface area contributed by atoms with Gasteiger partial charge in [0.15, 0.2) is 0 Å². The summed E-state index contributed by atoms with van der Waals surface area (Å²) in [5.41, 5.74) is 6.13. The first-order chi connectivity index (χ1) is 9.06. The van der Waals surface area contributed by atoms with Crippen LogP contribution in [0.2, 0.25) is 0 Å². The molecule has 4 N–H and O–H groups in total. The molecular formula is C11H12N4O3S. The minimum atomic E-state index is -0.700. The molecule has 2 heterocycles. The van der Waals surface area contributed by atoms with Crippen LogP contribution in [0, 0.1) is 10.1 Å². The van der Waals surface area contributed by atoms with Gasteiger partial charge in [0, 0.05) is 6.54 Å². The van der Waals surface area contributed by atoms with Crippen molar-refractivity contribution < 1.29 is 10.0 Å². The number of nitrogens with two attached hydrogens (primary N) is 1. The van der Waals surface area contributed by atoms with Gasteiger partial charge in [0.2, 0.25) is 0 Å². The van der Waals surface area contributed by atoms with Crippen LogP contribution in [0.4, 0.5) is 17.3 Å². The van der Waals surface area contributed by atoms with Gasteiger partial charge in [0.1, 0.15) is 11.6 Å².